The van der Waals surface area contributed by atoms with Crippen molar-refractivity contribution in [3.63, 3.8) is 0 Å². The molecule has 1 aromatic heterocycles. The van der Waals surface area contributed by atoms with Crippen molar-refractivity contribution in [2.45, 2.75) is 20.4 Å². The van der Waals surface area contributed by atoms with Crippen LogP contribution >= 0.6 is 0 Å². The Bertz CT molecular complexity index is 451. The summed E-state index contributed by atoms with van der Waals surface area (Å²) in [4.78, 5) is 0. The first-order chi connectivity index (χ1) is 7.25. The third-order valence-corrected chi connectivity index (χ3v) is 2.22. The Kier molecular flexibility index (Phi) is 2.67. The predicted molar refractivity (Wildman–Crippen MR) is 57.5 cm³/mol. The van der Waals surface area contributed by atoms with E-state index in [1.54, 1.807) is 6.92 Å². The van der Waals surface area contributed by atoms with Gasteiger partial charge in [-0.05, 0) is 18.1 Å². The highest BCUT2D eigenvalue weighted by atomic mass is 16.4. The van der Waals surface area contributed by atoms with Gasteiger partial charge in [0.2, 0.25) is 5.89 Å². The Hall–Kier alpha value is -1.84. The van der Waals surface area contributed by atoms with Gasteiger partial charge in [0.1, 0.15) is 0 Å². The maximum Gasteiger partial charge on any atom is 0.315 e. The van der Waals surface area contributed by atoms with Crippen LogP contribution in [-0.4, -0.2) is 10.2 Å². The molecule has 0 aliphatic heterocycles. The van der Waals surface area contributed by atoms with Gasteiger partial charge in [0.15, 0.2) is 0 Å². The lowest BCUT2D eigenvalue weighted by atomic mass is 10.1. The Labute approximate surface area is 88.3 Å². The molecule has 0 aliphatic carbocycles. The minimum atomic E-state index is 0.468. The molecule has 1 heterocycles. The van der Waals surface area contributed by atoms with Gasteiger partial charge in [0, 0.05) is 13.5 Å². The maximum atomic E-state index is 5.21. The van der Waals surface area contributed by atoms with E-state index in [1.807, 2.05) is 12.1 Å². The molecule has 78 valence electrons. The number of benzene rings is 1. The zero-order chi connectivity index (χ0) is 10.7. The molecule has 1 N–H and O–H groups in total. The lowest BCUT2D eigenvalue weighted by molar-refractivity contribution is 0.530. The fourth-order valence-corrected chi connectivity index (χ4v) is 1.35. The van der Waals surface area contributed by atoms with Gasteiger partial charge in [-0.2, -0.15) is 0 Å². The Balaban J connectivity index is 2.02. The van der Waals surface area contributed by atoms with Crippen molar-refractivity contribution in [1.29, 1.82) is 0 Å². The quantitative estimate of drug-likeness (QED) is 0.831. The number of nitrogens with one attached hydrogen (secondary N) is 1. The molecule has 0 bridgehead atoms. The summed E-state index contributed by atoms with van der Waals surface area (Å²) in [7, 11) is 0. The normalized spacial score (nSPS) is 10.3. The predicted octanol–water partition coefficient (Wildman–Crippen LogP) is 2.30. The van der Waals surface area contributed by atoms with E-state index < -0.39 is 0 Å². The molecule has 4 nitrogen and oxygen atoms in total. The van der Waals surface area contributed by atoms with Gasteiger partial charge < -0.3 is 9.73 Å². The fourth-order valence-electron chi connectivity index (χ4n) is 1.35. The van der Waals surface area contributed by atoms with E-state index in [-0.39, 0.29) is 0 Å². The molecule has 2 aromatic rings. The van der Waals surface area contributed by atoms with Crippen molar-refractivity contribution in [2.24, 2.45) is 0 Å². The van der Waals surface area contributed by atoms with E-state index in [0.29, 0.717) is 18.5 Å². The second-order valence-corrected chi connectivity index (χ2v) is 3.41. The Morgan fingerprint density at radius 3 is 2.67 bits per heavy atom. The van der Waals surface area contributed by atoms with Gasteiger partial charge >= 0.3 is 6.01 Å². The third kappa shape index (κ3) is 2.34. The van der Waals surface area contributed by atoms with Crippen LogP contribution in [0.4, 0.5) is 6.01 Å². The number of hydrogen-bond donors (Lipinski definition) is 1. The van der Waals surface area contributed by atoms with Crippen molar-refractivity contribution >= 4 is 6.01 Å². The summed E-state index contributed by atoms with van der Waals surface area (Å²) >= 11 is 0. The van der Waals surface area contributed by atoms with E-state index in [2.05, 4.69) is 34.6 Å². The third-order valence-electron chi connectivity index (χ3n) is 2.22. The topological polar surface area (TPSA) is 51.0 Å². The van der Waals surface area contributed by atoms with E-state index in [1.165, 1.54) is 11.1 Å². The lowest BCUT2D eigenvalue weighted by Crippen LogP contribution is -2.01. The number of aromatic nitrogens is 2. The number of hydrogen-bond acceptors (Lipinski definition) is 4. The molecular weight excluding hydrogens is 190 g/mol. The van der Waals surface area contributed by atoms with Gasteiger partial charge in [0.25, 0.3) is 0 Å². The summed E-state index contributed by atoms with van der Waals surface area (Å²) in [6.45, 7) is 4.55. The second-order valence-electron chi connectivity index (χ2n) is 3.41. The largest absolute Gasteiger partial charge is 0.408 e. The van der Waals surface area contributed by atoms with E-state index in [4.69, 9.17) is 4.42 Å². The summed E-state index contributed by atoms with van der Waals surface area (Å²) in [5.74, 6) is 0.572. The average Bonchev–Trinajstić information content (AvgIpc) is 2.63. The van der Waals surface area contributed by atoms with Crippen LogP contribution in [0.3, 0.4) is 0 Å². The van der Waals surface area contributed by atoms with Gasteiger partial charge in [-0.15, -0.1) is 5.10 Å². The van der Waals surface area contributed by atoms with Crippen LogP contribution < -0.4 is 5.32 Å². The minimum Gasteiger partial charge on any atom is -0.408 e. The monoisotopic (exact) mass is 203 g/mol. The van der Waals surface area contributed by atoms with Gasteiger partial charge in [0.05, 0.1) is 0 Å². The highest BCUT2D eigenvalue weighted by molar-refractivity contribution is 5.29. The molecule has 0 amide bonds. The SMILES string of the molecule is Cc1nnc(NCc2ccccc2C)o1. The molecule has 0 radical (unpaired) electrons. The van der Waals surface area contributed by atoms with Gasteiger partial charge in [-0.1, -0.05) is 29.4 Å². The van der Waals surface area contributed by atoms with E-state index in [9.17, 15) is 0 Å². The highest BCUT2D eigenvalue weighted by Crippen LogP contribution is 2.10. The zero-order valence-electron chi connectivity index (χ0n) is 8.82. The molecule has 0 aliphatic rings. The summed E-state index contributed by atoms with van der Waals surface area (Å²) in [5, 5.41) is 10.7. The minimum absolute atomic E-state index is 0.468. The zero-order valence-corrected chi connectivity index (χ0v) is 8.82. The first-order valence-corrected chi connectivity index (χ1v) is 4.84. The van der Waals surface area contributed by atoms with Crippen molar-refractivity contribution in [3.8, 4) is 0 Å². The van der Waals surface area contributed by atoms with Crippen LogP contribution in [0, 0.1) is 13.8 Å². The standard InChI is InChI=1S/C11H13N3O/c1-8-5-3-4-6-10(8)7-12-11-14-13-9(2)15-11/h3-6H,7H2,1-2H3,(H,12,14). The molecule has 0 unspecified atom stereocenters. The van der Waals surface area contributed by atoms with E-state index >= 15 is 0 Å². The molecule has 0 saturated heterocycles. The Morgan fingerprint density at radius 2 is 2.00 bits per heavy atom. The first-order valence-electron chi connectivity index (χ1n) is 4.84. The molecule has 0 fully saturated rings. The molecule has 0 spiro atoms. The summed E-state index contributed by atoms with van der Waals surface area (Å²) < 4.78 is 5.21. The summed E-state index contributed by atoms with van der Waals surface area (Å²) in [6.07, 6.45) is 0. The lowest BCUT2D eigenvalue weighted by Gasteiger charge is -2.04. The van der Waals surface area contributed by atoms with Crippen molar-refractivity contribution in [2.75, 3.05) is 5.32 Å². The maximum absolute atomic E-state index is 5.21. The highest BCUT2D eigenvalue weighted by Gasteiger charge is 2.02. The number of rotatable bonds is 3. The van der Waals surface area contributed by atoms with Crippen LogP contribution in [0.1, 0.15) is 17.0 Å². The molecule has 0 atom stereocenters. The molecule has 0 saturated carbocycles. The first kappa shape index (κ1) is 9.71. The summed E-state index contributed by atoms with van der Waals surface area (Å²) in [6, 6.07) is 8.66. The molecule has 2 rings (SSSR count). The van der Waals surface area contributed by atoms with Crippen molar-refractivity contribution < 1.29 is 4.42 Å². The van der Waals surface area contributed by atoms with Gasteiger partial charge in [-0.25, -0.2) is 0 Å². The van der Waals surface area contributed by atoms with Crippen LogP contribution in [0.15, 0.2) is 28.7 Å². The van der Waals surface area contributed by atoms with Crippen LogP contribution in [0.5, 0.6) is 0 Å². The molecule has 15 heavy (non-hydrogen) atoms. The Morgan fingerprint density at radius 1 is 1.20 bits per heavy atom. The fraction of sp³-hybridized carbons (Fsp3) is 0.273. The number of anilines is 1. The molecular formula is C11H13N3O. The van der Waals surface area contributed by atoms with Crippen molar-refractivity contribution in [3.05, 3.63) is 41.3 Å². The molecule has 4 heteroatoms. The van der Waals surface area contributed by atoms with Crippen LogP contribution in [0.25, 0.3) is 0 Å². The van der Waals surface area contributed by atoms with Crippen molar-refractivity contribution in [1.82, 2.24) is 10.2 Å². The number of aryl methyl sites for hydroxylation is 2. The second kappa shape index (κ2) is 4.13. The smallest absolute Gasteiger partial charge is 0.315 e. The van der Waals surface area contributed by atoms with Crippen LogP contribution in [0.2, 0.25) is 0 Å². The number of nitrogens with zero attached hydrogens (tertiary/aromatic N) is 2. The van der Waals surface area contributed by atoms with Crippen LogP contribution in [-0.2, 0) is 6.54 Å². The van der Waals surface area contributed by atoms with E-state index in [0.717, 1.165) is 0 Å². The molecule has 1 aromatic carbocycles. The average molecular weight is 203 g/mol. The van der Waals surface area contributed by atoms with Gasteiger partial charge in [-0.3, -0.25) is 0 Å². The summed E-state index contributed by atoms with van der Waals surface area (Å²) in [5.41, 5.74) is 2.48.